The lowest BCUT2D eigenvalue weighted by atomic mass is 10.1. The molecule has 25 heavy (non-hydrogen) atoms. The van der Waals surface area contributed by atoms with Crippen molar-refractivity contribution in [3.8, 4) is 5.88 Å². The van der Waals surface area contributed by atoms with Crippen LogP contribution in [0.3, 0.4) is 0 Å². The highest BCUT2D eigenvalue weighted by Crippen LogP contribution is 2.24. The number of hydrogen-bond donors (Lipinski definition) is 0. The number of amides is 1. The summed E-state index contributed by atoms with van der Waals surface area (Å²) in [6.07, 6.45) is 4.97. The summed E-state index contributed by atoms with van der Waals surface area (Å²) in [5.41, 5.74) is 1.96. The van der Waals surface area contributed by atoms with Gasteiger partial charge in [0.1, 0.15) is 6.10 Å². The van der Waals surface area contributed by atoms with E-state index in [0.717, 1.165) is 18.4 Å². The maximum absolute atomic E-state index is 12.7. The van der Waals surface area contributed by atoms with Crippen LogP contribution in [0.5, 0.6) is 5.88 Å². The van der Waals surface area contributed by atoms with Crippen molar-refractivity contribution in [3.63, 3.8) is 0 Å². The Morgan fingerprint density at radius 1 is 1.24 bits per heavy atom. The van der Waals surface area contributed by atoms with E-state index in [9.17, 15) is 4.79 Å². The average molecular weight is 340 g/mol. The van der Waals surface area contributed by atoms with Crippen LogP contribution in [-0.4, -0.2) is 54.1 Å². The van der Waals surface area contributed by atoms with Gasteiger partial charge in [0, 0.05) is 45.0 Å². The van der Waals surface area contributed by atoms with E-state index in [4.69, 9.17) is 4.74 Å². The quantitative estimate of drug-likeness (QED) is 0.836. The molecule has 1 unspecified atom stereocenters. The van der Waals surface area contributed by atoms with E-state index in [2.05, 4.69) is 16.9 Å². The van der Waals surface area contributed by atoms with Gasteiger partial charge >= 0.3 is 0 Å². The van der Waals surface area contributed by atoms with Crippen LogP contribution in [0.2, 0.25) is 0 Å². The zero-order valence-corrected chi connectivity index (χ0v) is 15.0. The minimum Gasteiger partial charge on any atom is -0.470 e. The minimum absolute atomic E-state index is 0.0562. The first-order valence-corrected chi connectivity index (χ1v) is 8.61. The lowest BCUT2D eigenvalue weighted by Crippen LogP contribution is -2.31. The molecule has 0 N–H and O–H groups in total. The van der Waals surface area contributed by atoms with Crippen LogP contribution in [0.25, 0.3) is 0 Å². The molecule has 6 heteroatoms. The van der Waals surface area contributed by atoms with Crippen molar-refractivity contribution in [1.82, 2.24) is 14.9 Å². The molecule has 2 heterocycles. The Morgan fingerprint density at radius 2 is 1.96 bits per heavy atom. The zero-order chi connectivity index (χ0) is 17.8. The maximum atomic E-state index is 12.7. The van der Waals surface area contributed by atoms with Crippen LogP contribution >= 0.6 is 0 Å². The third-order valence-electron chi connectivity index (χ3n) is 4.39. The van der Waals surface area contributed by atoms with Crippen LogP contribution < -0.4 is 9.64 Å². The van der Waals surface area contributed by atoms with Crippen LogP contribution in [-0.2, 0) is 6.42 Å². The SMILES string of the molecule is CCc1ccc(C(=O)N2CCC(Oc3nccnc3N(C)C)C2)cc1. The lowest BCUT2D eigenvalue weighted by Gasteiger charge is -2.19. The van der Waals surface area contributed by atoms with E-state index in [-0.39, 0.29) is 12.0 Å². The fourth-order valence-corrected chi connectivity index (χ4v) is 2.94. The van der Waals surface area contributed by atoms with Crippen molar-refractivity contribution in [1.29, 1.82) is 0 Å². The molecule has 1 aromatic heterocycles. The standard InChI is InChI=1S/C19H24N4O2/c1-4-14-5-7-15(8-6-14)19(24)23-12-9-16(13-23)25-18-17(22(2)3)20-10-11-21-18/h5-8,10-11,16H,4,9,12-13H2,1-3H3. The first-order valence-electron chi connectivity index (χ1n) is 8.61. The highest BCUT2D eigenvalue weighted by Gasteiger charge is 2.29. The van der Waals surface area contributed by atoms with Crippen LogP contribution in [0.15, 0.2) is 36.7 Å². The number of hydrogen-bond acceptors (Lipinski definition) is 5. The Hall–Kier alpha value is -2.63. The fraction of sp³-hybridized carbons (Fsp3) is 0.421. The molecule has 1 amide bonds. The molecular formula is C19H24N4O2. The molecule has 1 atom stereocenters. The summed E-state index contributed by atoms with van der Waals surface area (Å²) in [5, 5.41) is 0. The van der Waals surface area contributed by atoms with Gasteiger partial charge in [0.05, 0.1) is 6.54 Å². The van der Waals surface area contributed by atoms with Crippen molar-refractivity contribution in [2.45, 2.75) is 25.9 Å². The molecule has 0 aliphatic carbocycles. The number of nitrogens with zero attached hydrogens (tertiary/aromatic N) is 4. The van der Waals surface area contributed by atoms with Crippen molar-refractivity contribution in [3.05, 3.63) is 47.8 Å². The van der Waals surface area contributed by atoms with Gasteiger partial charge in [-0.3, -0.25) is 4.79 Å². The maximum Gasteiger partial charge on any atom is 0.257 e. The third kappa shape index (κ3) is 3.90. The average Bonchev–Trinajstić information content (AvgIpc) is 3.10. The van der Waals surface area contributed by atoms with Crippen molar-refractivity contribution >= 4 is 11.7 Å². The lowest BCUT2D eigenvalue weighted by molar-refractivity contribution is 0.0771. The summed E-state index contributed by atoms with van der Waals surface area (Å²) in [6.45, 7) is 3.36. The van der Waals surface area contributed by atoms with E-state index >= 15 is 0 Å². The van der Waals surface area contributed by atoms with Crippen molar-refractivity contribution in [2.75, 3.05) is 32.1 Å². The largest absolute Gasteiger partial charge is 0.470 e. The second kappa shape index (κ2) is 7.51. The van der Waals surface area contributed by atoms with Gasteiger partial charge in [-0.15, -0.1) is 0 Å². The molecule has 1 fully saturated rings. The third-order valence-corrected chi connectivity index (χ3v) is 4.39. The number of aromatic nitrogens is 2. The van der Waals surface area contributed by atoms with E-state index in [1.54, 1.807) is 12.4 Å². The molecule has 2 aromatic rings. The molecular weight excluding hydrogens is 316 g/mol. The molecule has 0 saturated carbocycles. The minimum atomic E-state index is -0.0609. The molecule has 1 aromatic carbocycles. The normalized spacial score (nSPS) is 16.8. The number of anilines is 1. The molecule has 1 aliphatic heterocycles. The Balaban J connectivity index is 1.64. The van der Waals surface area contributed by atoms with Crippen molar-refractivity contribution in [2.24, 2.45) is 0 Å². The predicted molar refractivity (Wildman–Crippen MR) is 97.1 cm³/mol. The molecule has 0 bridgehead atoms. The highest BCUT2D eigenvalue weighted by atomic mass is 16.5. The van der Waals surface area contributed by atoms with Crippen LogP contribution in [0, 0.1) is 0 Å². The number of likely N-dealkylation sites (tertiary alicyclic amines) is 1. The molecule has 132 valence electrons. The van der Waals surface area contributed by atoms with Gasteiger partial charge < -0.3 is 14.5 Å². The first-order chi connectivity index (χ1) is 12.1. The fourth-order valence-electron chi connectivity index (χ4n) is 2.94. The summed E-state index contributed by atoms with van der Waals surface area (Å²) in [6, 6.07) is 7.84. The molecule has 1 saturated heterocycles. The highest BCUT2D eigenvalue weighted by molar-refractivity contribution is 5.94. The number of aryl methyl sites for hydroxylation is 1. The predicted octanol–water partition coefficient (Wildman–Crippen LogP) is 2.40. The van der Waals surface area contributed by atoms with Crippen molar-refractivity contribution < 1.29 is 9.53 Å². The Kier molecular flexibility index (Phi) is 5.16. The topological polar surface area (TPSA) is 58.6 Å². The number of benzene rings is 1. The Labute approximate surface area is 148 Å². The zero-order valence-electron chi connectivity index (χ0n) is 15.0. The van der Waals surface area contributed by atoms with E-state index in [1.807, 2.05) is 48.2 Å². The summed E-state index contributed by atoms with van der Waals surface area (Å²) < 4.78 is 6.01. The van der Waals surface area contributed by atoms with Gasteiger partial charge in [-0.2, -0.15) is 0 Å². The molecule has 0 spiro atoms. The van der Waals surface area contributed by atoms with Gasteiger partial charge in [-0.05, 0) is 24.1 Å². The summed E-state index contributed by atoms with van der Waals surface area (Å²) in [7, 11) is 3.81. The molecule has 1 aliphatic rings. The van der Waals surface area contributed by atoms with Gasteiger partial charge in [0.25, 0.3) is 11.8 Å². The molecule has 0 radical (unpaired) electrons. The van der Waals surface area contributed by atoms with Gasteiger partial charge in [-0.25, -0.2) is 9.97 Å². The van der Waals surface area contributed by atoms with Gasteiger partial charge in [0.15, 0.2) is 5.82 Å². The first kappa shape index (κ1) is 17.2. The number of ether oxygens (including phenoxy) is 1. The monoisotopic (exact) mass is 340 g/mol. The number of carbonyl (C=O) groups excluding carboxylic acids is 1. The van der Waals surface area contributed by atoms with Gasteiger partial charge in [0.2, 0.25) is 0 Å². The van der Waals surface area contributed by atoms with E-state index < -0.39 is 0 Å². The molecule has 6 nitrogen and oxygen atoms in total. The second-order valence-corrected chi connectivity index (χ2v) is 6.41. The van der Waals surface area contributed by atoms with E-state index in [1.165, 1.54) is 5.56 Å². The Bertz CT molecular complexity index is 730. The van der Waals surface area contributed by atoms with Crippen LogP contribution in [0.1, 0.15) is 29.3 Å². The number of rotatable bonds is 5. The second-order valence-electron chi connectivity index (χ2n) is 6.41. The van der Waals surface area contributed by atoms with Gasteiger partial charge in [-0.1, -0.05) is 19.1 Å². The smallest absolute Gasteiger partial charge is 0.257 e. The van der Waals surface area contributed by atoms with E-state index in [0.29, 0.717) is 24.8 Å². The van der Waals surface area contributed by atoms with Crippen LogP contribution in [0.4, 0.5) is 5.82 Å². The summed E-state index contributed by atoms with van der Waals surface area (Å²) in [4.78, 5) is 24.9. The Morgan fingerprint density at radius 3 is 2.64 bits per heavy atom. The number of carbonyl (C=O) groups is 1. The summed E-state index contributed by atoms with van der Waals surface area (Å²) >= 11 is 0. The summed E-state index contributed by atoms with van der Waals surface area (Å²) in [5.74, 6) is 1.27. The molecule has 3 rings (SSSR count).